The van der Waals surface area contributed by atoms with Crippen LogP contribution in [0.25, 0.3) is 33.4 Å². The molecule has 0 aliphatic heterocycles. The van der Waals surface area contributed by atoms with Gasteiger partial charge in [0.2, 0.25) is 0 Å². The van der Waals surface area contributed by atoms with Crippen molar-refractivity contribution in [1.29, 1.82) is 0 Å². The van der Waals surface area contributed by atoms with E-state index in [-0.39, 0.29) is 5.78 Å². The fourth-order valence-corrected chi connectivity index (χ4v) is 2.85. The number of fused-ring (bicyclic) bond motifs is 1. The summed E-state index contributed by atoms with van der Waals surface area (Å²) in [4.78, 5) is 24.6. The van der Waals surface area contributed by atoms with E-state index in [0.717, 1.165) is 27.6 Å². The van der Waals surface area contributed by atoms with E-state index < -0.39 is 0 Å². The van der Waals surface area contributed by atoms with Gasteiger partial charge >= 0.3 is 0 Å². The topological polar surface area (TPSA) is 81.8 Å². The summed E-state index contributed by atoms with van der Waals surface area (Å²) >= 11 is 0. The number of nitrogen functional groups attached to an aromatic ring is 1. The Labute approximate surface area is 150 Å². The van der Waals surface area contributed by atoms with E-state index in [2.05, 4.69) is 15.0 Å². The van der Waals surface area contributed by atoms with Gasteiger partial charge in [-0.05, 0) is 42.3 Å². The summed E-state index contributed by atoms with van der Waals surface area (Å²) in [6.45, 7) is 1.56. The van der Waals surface area contributed by atoms with Gasteiger partial charge in [-0.1, -0.05) is 30.3 Å². The van der Waals surface area contributed by atoms with Gasteiger partial charge in [-0.3, -0.25) is 9.78 Å². The van der Waals surface area contributed by atoms with Crippen molar-refractivity contribution in [2.45, 2.75) is 6.92 Å². The zero-order valence-electron chi connectivity index (χ0n) is 14.2. The number of benzene rings is 2. The maximum atomic E-state index is 11.4. The van der Waals surface area contributed by atoms with Gasteiger partial charge < -0.3 is 5.73 Å². The molecule has 0 unspecified atom stereocenters. The Balaban J connectivity index is 1.78. The number of carbonyl (C=O) groups is 1. The van der Waals surface area contributed by atoms with Gasteiger partial charge in [-0.2, -0.15) is 0 Å². The first-order valence-electron chi connectivity index (χ1n) is 8.21. The molecule has 5 heteroatoms. The molecule has 0 bridgehead atoms. The van der Waals surface area contributed by atoms with Crippen LogP contribution in [0.4, 0.5) is 5.82 Å². The highest BCUT2D eigenvalue weighted by atomic mass is 16.1. The second-order valence-electron chi connectivity index (χ2n) is 6.04. The van der Waals surface area contributed by atoms with Gasteiger partial charge in [0.15, 0.2) is 11.6 Å². The lowest BCUT2D eigenvalue weighted by molar-refractivity contribution is 0.101. The second-order valence-corrected chi connectivity index (χ2v) is 6.04. The largest absolute Gasteiger partial charge is 0.383 e. The minimum absolute atomic E-state index is 0.0515. The average Bonchev–Trinajstić information content (AvgIpc) is 2.68. The van der Waals surface area contributed by atoms with Crippen molar-refractivity contribution in [2.75, 3.05) is 5.73 Å². The summed E-state index contributed by atoms with van der Waals surface area (Å²) in [6, 6.07) is 17.1. The van der Waals surface area contributed by atoms with E-state index in [1.54, 1.807) is 19.3 Å². The van der Waals surface area contributed by atoms with E-state index in [1.165, 1.54) is 0 Å². The van der Waals surface area contributed by atoms with Crippen LogP contribution in [0.2, 0.25) is 0 Å². The fraction of sp³-hybridized carbons (Fsp3) is 0.0476. The van der Waals surface area contributed by atoms with Gasteiger partial charge in [-0.25, -0.2) is 9.97 Å². The Bertz CT molecular complexity index is 1110. The third-order valence-electron chi connectivity index (χ3n) is 4.27. The normalized spacial score (nSPS) is 10.8. The van der Waals surface area contributed by atoms with Gasteiger partial charge in [-0.15, -0.1) is 0 Å². The average molecular weight is 340 g/mol. The first-order chi connectivity index (χ1) is 12.6. The van der Waals surface area contributed by atoms with Crippen molar-refractivity contribution in [3.63, 3.8) is 0 Å². The molecular weight excluding hydrogens is 324 g/mol. The number of nitrogens with zero attached hydrogens (tertiary/aromatic N) is 3. The van der Waals surface area contributed by atoms with Crippen LogP contribution < -0.4 is 5.73 Å². The van der Waals surface area contributed by atoms with Crippen LogP contribution in [-0.2, 0) is 0 Å². The molecule has 4 rings (SSSR count). The van der Waals surface area contributed by atoms with Crippen molar-refractivity contribution >= 4 is 22.5 Å². The van der Waals surface area contributed by atoms with E-state index >= 15 is 0 Å². The molecule has 126 valence electrons. The summed E-state index contributed by atoms with van der Waals surface area (Å²) in [5.41, 5.74) is 10.5. The first kappa shape index (κ1) is 15.9. The molecule has 26 heavy (non-hydrogen) atoms. The molecule has 0 fully saturated rings. The lowest BCUT2D eigenvalue weighted by Crippen LogP contribution is -1.98. The molecule has 0 amide bonds. The summed E-state index contributed by atoms with van der Waals surface area (Å²) < 4.78 is 0. The number of carbonyl (C=O) groups excluding carboxylic acids is 1. The fourth-order valence-electron chi connectivity index (χ4n) is 2.85. The number of Topliss-reactive ketones (excluding diaryl/α,β-unsaturated/α-hetero) is 1. The number of nitrogens with two attached hydrogens (primary N) is 1. The Morgan fingerprint density at radius 1 is 0.923 bits per heavy atom. The molecule has 2 heterocycles. The molecule has 0 radical (unpaired) electrons. The second kappa shape index (κ2) is 6.37. The molecule has 0 saturated heterocycles. The Morgan fingerprint density at radius 3 is 2.38 bits per heavy atom. The van der Waals surface area contributed by atoms with E-state index in [0.29, 0.717) is 17.2 Å². The smallest absolute Gasteiger partial charge is 0.163 e. The maximum Gasteiger partial charge on any atom is 0.163 e. The lowest BCUT2D eigenvalue weighted by Gasteiger charge is -2.08. The number of anilines is 1. The van der Waals surface area contributed by atoms with E-state index in [4.69, 9.17) is 5.73 Å². The number of hydrogen-bond acceptors (Lipinski definition) is 5. The molecule has 0 spiro atoms. The number of ketones is 1. The molecule has 0 atom stereocenters. The van der Waals surface area contributed by atoms with Gasteiger partial charge in [0.05, 0.1) is 5.52 Å². The van der Waals surface area contributed by atoms with Crippen molar-refractivity contribution in [1.82, 2.24) is 15.0 Å². The van der Waals surface area contributed by atoms with Crippen molar-refractivity contribution in [3.05, 3.63) is 72.6 Å². The highest BCUT2D eigenvalue weighted by Crippen LogP contribution is 2.28. The number of pyridine rings is 1. The summed E-state index contributed by atoms with van der Waals surface area (Å²) in [5, 5.41) is 0.797. The van der Waals surface area contributed by atoms with Gasteiger partial charge in [0.1, 0.15) is 5.82 Å². The molecule has 2 N–H and O–H groups in total. The number of hydrogen-bond donors (Lipinski definition) is 1. The van der Waals surface area contributed by atoms with Gasteiger partial charge in [0.25, 0.3) is 0 Å². The third-order valence-corrected chi connectivity index (χ3v) is 4.27. The highest BCUT2D eigenvalue weighted by molar-refractivity contribution is 5.95. The van der Waals surface area contributed by atoms with Crippen LogP contribution in [0.3, 0.4) is 0 Å². The quantitative estimate of drug-likeness (QED) is 0.567. The predicted molar refractivity (Wildman–Crippen MR) is 103 cm³/mol. The van der Waals surface area contributed by atoms with Crippen molar-refractivity contribution in [3.8, 4) is 22.5 Å². The van der Waals surface area contributed by atoms with E-state index in [9.17, 15) is 4.79 Å². The Hall–Kier alpha value is -3.60. The zero-order valence-corrected chi connectivity index (χ0v) is 14.2. The molecule has 0 aliphatic carbocycles. The van der Waals surface area contributed by atoms with Crippen LogP contribution in [0.5, 0.6) is 0 Å². The molecule has 2 aromatic heterocycles. The Morgan fingerprint density at radius 2 is 1.69 bits per heavy atom. The predicted octanol–water partition coefficient (Wildman–Crippen LogP) is 4.14. The lowest BCUT2D eigenvalue weighted by atomic mass is 10.0. The monoisotopic (exact) mass is 340 g/mol. The molecule has 0 aliphatic rings. The van der Waals surface area contributed by atoms with Crippen LogP contribution in [0, 0.1) is 0 Å². The number of aromatic nitrogens is 3. The summed E-state index contributed by atoms with van der Waals surface area (Å²) in [5.74, 6) is 1.04. The van der Waals surface area contributed by atoms with Crippen LogP contribution >= 0.6 is 0 Å². The minimum atomic E-state index is 0.0515. The molecule has 2 aromatic carbocycles. The molecular formula is C21H16N4O. The molecule has 5 nitrogen and oxygen atoms in total. The summed E-state index contributed by atoms with van der Waals surface area (Å²) in [6.07, 6.45) is 3.42. The Kier molecular flexibility index (Phi) is 3.89. The van der Waals surface area contributed by atoms with Crippen LogP contribution in [0.1, 0.15) is 17.3 Å². The molecule has 0 saturated carbocycles. The zero-order chi connectivity index (χ0) is 18.1. The SMILES string of the molecule is CC(=O)c1ccc(-c2ccc3nc(-c4cccnc4)nc(N)c3c2)cc1. The summed E-state index contributed by atoms with van der Waals surface area (Å²) in [7, 11) is 0. The maximum absolute atomic E-state index is 11.4. The van der Waals surface area contributed by atoms with Crippen molar-refractivity contribution < 1.29 is 4.79 Å². The highest BCUT2D eigenvalue weighted by Gasteiger charge is 2.09. The van der Waals surface area contributed by atoms with Gasteiger partial charge in [0, 0.05) is 28.9 Å². The minimum Gasteiger partial charge on any atom is -0.383 e. The van der Waals surface area contributed by atoms with Crippen molar-refractivity contribution in [2.24, 2.45) is 0 Å². The van der Waals surface area contributed by atoms with Crippen LogP contribution in [0.15, 0.2) is 67.0 Å². The third kappa shape index (κ3) is 2.91. The van der Waals surface area contributed by atoms with E-state index in [1.807, 2.05) is 54.6 Å². The van der Waals surface area contributed by atoms with Crippen LogP contribution in [-0.4, -0.2) is 20.7 Å². The number of rotatable bonds is 3. The molecule has 4 aromatic rings. The standard InChI is InChI=1S/C21H16N4O/c1-13(26)14-4-6-15(7-5-14)16-8-9-19-18(11-16)20(22)25-21(24-19)17-3-2-10-23-12-17/h2-12H,1H3,(H2,22,24,25). The first-order valence-corrected chi connectivity index (χ1v) is 8.21.